The second-order valence-corrected chi connectivity index (χ2v) is 7.56. The molecule has 0 radical (unpaired) electrons. The quantitative estimate of drug-likeness (QED) is 0.653. The third kappa shape index (κ3) is 3.56. The summed E-state index contributed by atoms with van der Waals surface area (Å²) in [5.41, 5.74) is 2.20. The lowest BCUT2D eigenvalue weighted by Gasteiger charge is -2.24. The van der Waals surface area contributed by atoms with E-state index < -0.39 is 0 Å². The summed E-state index contributed by atoms with van der Waals surface area (Å²) in [4.78, 5) is 11.8. The van der Waals surface area contributed by atoms with Crippen LogP contribution in [0.1, 0.15) is 37.9 Å². The van der Waals surface area contributed by atoms with E-state index in [2.05, 4.69) is 50.3 Å². The van der Waals surface area contributed by atoms with E-state index in [9.17, 15) is 0 Å². The average Bonchev–Trinajstić information content (AvgIpc) is 3.39. The standard InChI is InChI=1S/C20H30N6/c1-21-20(23-15-11-12-26(14-15)16-7-3-4-8-16)22-13-19-24-17-9-5-6-10-18(17)25(19)2/h5-6,9-10,15-16H,3-4,7-8,11-14H2,1-2H3,(H2,21,22,23). The Labute approximate surface area is 155 Å². The van der Waals surface area contributed by atoms with Gasteiger partial charge < -0.3 is 15.2 Å². The molecule has 6 nitrogen and oxygen atoms in total. The summed E-state index contributed by atoms with van der Waals surface area (Å²) in [5.74, 6) is 1.89. The van der Waals surface area contributed by atoms with Crippen LogP contribution in [0.4, 0.5) is 0 Å². The summed E-state index contributed by atoms with van der Waals surface area (Å²) in [6.07, 6.45) is 6.77. The molecule has 1 aromatic carbocycles. The maximum atomic E-state index is 4.72. The van der Waals surface area contributed by atoms with Crippen molar-refractivity contribution in [3.05, 3.63) is 30.1 Å². The van der Waals surface area contributed by atoms with E-state index in [1.165, 1.54) is 38.6 Å². The van der Waals surface area contributed by atoms with Gasteiger partial charge in [-0.15, -0.1) is 0 Å². The molecule has 1 atom stereocenters. The first-order valence-electron chi connectivity index (χ1n) is 9.86. The van der Waals surface area contributed by atoms with Crippen molar-refractivity contribution in [1.82, 2.24) is 25.1 Å². The first-order valence-corrected chi connectivity index (χ1v) is 9.86. The molecule has 2 aliphatic rings. The van der Waals surface area contributed by atoms with Gasteiger partial charge in [0, 0.05) is 39.3 Å². The van der Waals surface area contributed by atoms with Crippen molar-refractivity contribution in [3.63, 3.8) is 0 Å². The van der Waals surface area contributed by atoms with Crippen LogP contribution in [0.3, 0.4) is 0 Å². The number of nitrogens with zero attached hydrogens (tertiary/aromatic N) is 4. The summed E-state index contributed by atoms with van der Waals surface area (Å²) >= 11 is 0. The molecule has 2 fully saturated rings. The van der Waals surface area contributed by atoms with Gasteiger partial charge in [-0.05, 0) is 31.4 Å². The first kappa shape index (κ1) is 17.3. The minimum Gasteiger partial charge on any atom is -0.352 e. The van der Waals surface area contributed by atoms with Crippen molar-refractivity contribution in [2.75, 3.05) is 20.1 Å². The number of guanidine groups is 1. The monoisotopic (exact) mass is 354 g/mol. The molecule has 2 heterocycles. The van der Waals surface area contributed by atoms with Crippen LogP contribution in [0.25, 0.3) is 11.0 Å². The van der Waals surface area contributed by atoms with Gasteiger partial charge in [0.05, 0.1) is 17.6 Å². The summed E-state index contributed by atoms with van der Waals surface area (Å²) in [6, 6.07) is 9.55. The highest BCUT2D eigenvalue weighted by atomic mass is 15.3. The van der Waals surface area contributed by atoms with Crippen LogP contribution in [0.15, 0.2) is 29.3 Å². The molecule has 1 aromatic heterocycles. The molecule has 0 bridgehead atoms. The van der Waals surface area contributed by atoms with Gasteiger partial charge in [-0.2, -0.15) is 0 Å². The molecule has 1 aliphatic carbocycles. The van der Waals surface area contributed by atoms with E-state index in [1.54, 1.807) is 0 Å². The van der Waals surface area contributed by atoms with Crippen LogP contribution in [-0.4, -0.2) is 52.6 Å². The summed E-state index contributed by atoms with van der Waals surface area (Å²) in [5, 5.41) is 7.04. The summed E-state index contributed by atoms with van der Waals surface area (Å²) in [6.45, 7) is 3.02. The fourth-order valence-corrected chi connectivity index (χ4v) is 4.41. The lowest BCUT2D eigenvalue weighted by atomic mass is 10.2. The van der Waals surface area contributed by atoms with Crippen LogP contribution in [0, 0.1) is 0 Å². The van der Waals surface area contributed by atoms with Crippen molar-refractivity contribution in [1.29, 1.82) is 0 Å². The van der Waals surface area contributed by atoms with Crippen LogP contribution in [-0.2, 0) is 13.6 Å². The van der Waals surface area contributed by atoms with E-state index in [4.69, 9.17) is 4.98 Å². The van der Waals surface area contributed by atoms with Gasteiger partial charge in [0.2, 0.25) is 0 Å². The van der Waals surface area contributed by atoms with Crippen LogP contribution in [0.2, 0.25) is 0 Å². The number of aromatic nitrogens is 2. The normalized spacial score (nSPS) is 22.4. The maximum Gasteiger partial charge on any atom is 0.191 e. The predicted octanol–water partition coefficient (Wildman–Crippen LogP) is 2.26. The smallest absolute Gasteiger partial charge is 0.191 e. The first-order chi connectivity index (χ1) is 12.7. The third-order valence-electron chi connectivity index (χ3n) is 5.92. The number of aryl methyl sites for hydroxylation is 1. The molecule has 0 amide bonds. The lowest BCUT2D eigenvalue weighted by molar-refractivity contribution is 0.242. The van der Waals surface area contributed by atoms with Crippen LogP contribution < -0.4 is 10.6 Å². The van der Waals surface area contributed by atoms with E-state index >= 15 is 0 Å². The minimum absolute atomic E-state index is 0.488. The van der Waals surface area contributed by atoms with Crippen LogP contribution >= 0.6 is 0 Å². The molecule has 6 heteroatoms. The number of fused-ring (bicyclic) bond motifs is 1. The second kappa shape index (κ2) is 7.66. The molecule has 1 saturated carbocycles. The van der Waals surface area contributed by atoms with Gasteiger partial charge >= 0.3 is 0 Å². The van der Waals surface area contributed by atoms with Gasteiger partial charge in [-0.3, -0.25) is 9.89 Å². The Morgan fingerprint density at radius 2 is 2.04 bits per heavy atom. The Hall–Kier alpha value is -2.08. The fraction of sp³-hybridized carbons (Fsp3) is 0.600. The molecule has 0 spiro atoms. The van der Waals surface area contributed by atoms with E-state index in [0.717, 1.165) is 35.4 Å². The zero-order valence-electron chi connectivity index (χ0n) is 15.9. The highest BCUT2D eigenvalue weighted by molar-refractivity contribution is 5.80. The molecule has 140 valence electrons. The van der Waals surface area contributed by atoms with Gasteiger partial charge in [0.15, 0.2) is 5.96 Å². The minimum atomic E-state index is 0.488. The second-order valence-electron chi connectivity index (χ2n) is 7.56. The van der Waals surface area contributed by atoms with Crippen molar-refractivity contribution in [3.8, 4) is 0 Å². The van der Waals surface area contributed by atoms with Crippen LogP contribution in [0.5, 0.6) is 0 Å². The fourth-order valence-electron chi connectivity index (χ4n) is 4.41. The van der Waals surface area contributed by atoms with Crippen molar-refractivity contribution >= 4 is 17.0 Å². The summed E-state index contributed by atoms with van der Waals surface area (Å²) in [7, 11) is 3.91. The molecule has 1 aliphatic heterocycles. The molecule has 1 unspecified atom stereocenters. The van der Waals surface area contributed by atoms with Gasteiger partial charge in [-0.1, -0.05) is 25.0 Å². The van der Waals surface area contributed by atoms with Crippen molar-refractivity contribution in [2.45, 2.75) is 50.7 Å². The number of hydrogen-bond acceptors (Lipinski definition) is 3. The molecule has 2 aromatic rings. The molecular formula is C20H30N6. The number of imidazole rings is 1. The van der Waals surface area contributed by atoms with Crippen molar-refractivity contribution < 1.29 is 0 Å². The number of nitrogens with one attached hydrogen (secondary N) is 2. The zero-order chi connectivity index (χ0) is 17.9. The SMILES string of the molecule is CN=C(NCc1nc2ccccc2n1C)NC1CCN(C2CCCC2)C1. The molecule has 4 rings (SSSR count). The number of rotatable bonds is 4. The average molecular weight is 355 g/mol. The number of aliphatic imine (C=N–C) groups is 1. The Morgan fingerprint density at radius 3 is 2.81 bits per heavy atom. The third-order valence-corrected chi connectivity index (χ3v) is 5.92. The zero-order valence-corrected chi connectivity index (χ0v) is 15.9. The Balaban J connectivity index is 1.32. The maximum absolute atomic E-state index is 4.72. The highest BCUT2D eigenvalue weighted by Gasteiger charge is 2.30. The number of likely N-dealkylation sites (tertiary alicyclic amines) is 1. The Kier molecular flexibility index (Phi) is 5.11. The summed E-state index contributed by atoms with van der Waals surface area (Å²) < 4.78 is 2.15. The number of benzene rings is 1. The van der Waals surface area contributed by atoms with Gasteiger partial charge in [0.25, 0.3) is 0 Å². The van der Waals surface area contributed by atoms with Gasteiger partial charge in [-0.25, -0.2) is 4.98 Å². The Morgan fingerprint density at radius 1 is 1.23 bits per heavy atom. The molecule has 26 heavy (non-hydrogen) atoms. The van der Waals surface area contributed by atoms with E-state index in [1.807, 2.05) is 13.1 Å². The Bertz CT molecular complexity index is 774. The van der Waals surface area contributed by atoms with E-state index in [0.29, 0.717) is 12.6 Å². The largest absolute Gasteiger partial charge is 0.352 e. The molecule has 2 N–H and O–H groups in total. The lowest BCUT2D eigenvalue weighted by Crippen LogP contribution is -2.45. The predicted molar refractivity (Wildman–Crippen MR) is 106 cm³/mol. The van der Waals surface area contributed by atoms with Crippen molar-refractivity contribution in [2.24, 2.45) is 12.0 Å². The highest BCUT2D eigenvalue weighted by Crippen LogP contribution is 2.26. The number of para-hydroxylation sites is 2. The van der Waals surface area contributed by atoms with E-state index in [-0.39, 0.29) is 0 Å². The molecule has 1 saturated heterocycles. The number of hydrogen-bond donors (Lipinski definition) is 2. The topological polar surface area (TPSA) is 57.5 Å². The van der Waals surface area contributed by atoms with Gasteiger partial charge in [0.1, 0.15) is 5.82 Å². The molecular weight excluding hydrogens is 324 g/mol.